The lowest BCUT2D eigenvalue weighted by molar-refractivity contribution is -0.200. The maximum absolute atomic E-state index is 13.4. The van der Waals surface area contributed by atoms with Crippen molar-refractivity contribution in [2.75, 3.05) is 13.2 Å². The molecule has 172 valence electrons. The van der Waals surface area contributed by atoms with Gasteiger partial charge in [0.15, 0.2) is 0 Å². The number of carbonyl (C=O) groups excluding carboxylic acids is 1. The third-order valence-electron chi connectivity index (χ3n) is 6.95. The summed E-state index contributed by atoms with van der Waals surface area (Å²) < 4.78 is 92.9. The van der Waals surface area contributed by atoms with Gasteiger partial charge in [-0.05, 0) is 62.7 Å². The minimum atomic E-state index is -6.29. The van der Waals surface area contributed by atoms with Gasteiger partial charge in [0.05, 0.1) is 18.8 Å². The zero-order chi connectivity index (χ0) is 22.5. The van der Waals surface area contributed by atoms with Crippen LogP contribution >= 0.6 is 0 Å². The van der Waals surface area contributed by atoms with Crippen LogP contribution in [0.3, 0.4) is 0 Å². The molecule has 4 saturated carbocycles. The van der Waals surface area contributed by atoms with E-state index in [0.717, 1.165) is 25.7 Å². The molecule has 0 aromatic carbocycles. The molecule has 6 nitrogen and oxygen atoms in total. The SMILES string of the molecule is C=C(COCCC(F)(F)C(F)(F)S(=O)(=O)O)C(=O)OC1(C)C2CC3CC(C2)CC1C3. The summed E-state index contributed by atoms with van der Waals surface area (Å²) in [7, 11) is -6.29. The zero-order valence-corrected chi connectivity index (χ0v) is 17.4. The van der Waals surface area contributed by atoms with Crippen molar-refractivity contribution in [3.8, 4) is 0 Å². The molecule has 0 heterocycles. The van der Waals surface area contributed by atoms with Gasteiger partial charge in [-0.15, -0.1) is 0 Å². The molecule has 1 N–H and O–H groups in total. The molecule has 0 spiro atoms. The lowest BCUT2D eigenvalue weighted by Crippen LogP contribution is -2.58. The molecule has 4 bridgehead atoms. The highest BCUT2D eigenvalue weighted by Gasteiger charge is 2.65. The molecule has 4 rings (SSSR count). The fourth-order valence-corrected chi connectivity index (χ4v) is 5.83. The maximum Gasteiger partial charge on any atom is 0.431 e. The number of hydrogen-bond acceptors (Lipinski definition) is 5. The number of rotatable bonds is 9. The number of carbonyl (C=O) groups is 1. The zero-order valence-electron chi connectivity index (χ0n) is 16.6. The second kappa shape index (κ2) is 7.74. The highest BCUT2D eigenvalue weighted by molar-refractivity contribution is 7.87. The molecule has 11 heteroatoms. The summed E-state index contributed by atoms with van der Waals surface area (Å²) in [6, 6.07) is 0. The first-order valence-electron chi connectivity index (χ1n) is 9.89. The van der Waals surface area contributed by atoms with Crippen molar-refractivity contribution in [3.63, 3.8) is 0 Å². The molecule has 0 aromatic rings. The van der Waals surface area contributed by atoms with Crippen molar-refractivity contribution in [2.45, 2.75) is 62.2 Å². The minimum Gasteiger partial charge on any atom is -0.455 e. The topological polar surface area (TPSA) is 89.9 Å². The van der Waals surface area contributed by atoms with Gasteiger partial charge in [-0.1, -0.05) is 6.58 Å². The van der Waals surface area contributed by atoms with Crippen LogP contribution in [-0.2, 0) is 24.4 Å². The van der Waals surface area contributed by atoms with Crippen molar-refractivity contribution in [1.82, 2.24) is 0 Å². The highest BCUT2D eigenvalue weighted by Crippen LogP contribution is 2.59. The molecule has 0 amide bonds. The molecule has 4 aliphatic rings. The Hall–Kier alpha value is -1.20. The first-order chi connectivity index (χ1) is 13.7. The van der Waals surface area contributed by atoms with Crippen LogP contribution in [0.5, 0.6) is 0 Å². The third-order valence-corrected chi connectivity index (χ3v) is 7.89. The molecule has 0 aliphatic heterocycles. The van der Waals surface area contributed by atoms with E-state index in [0.29, 0.717) is 11.8 Å². The Kier molecular flexibility index (Phi) is 6.05. The highest BCUT2D eigenvalue weighted by atomic mass is 32.2. The van der Waals surface area contributed by atoms with Gasteiger partial charge in [-0.25, -0.2) is 4.79 Å². The Balaban J connectivity index is 1.48. The summed E-state index contributed by atoms with van der Waals surface area (Å²) in [6.45, 7) is 3.94. The third kappa shape index (κ3) is 4.12. The van der Waals surface area contributed by atoms with Crippen molar-refractivity contribution in [3.05, 3.63) is 12.2 Å². The molecule has 30 heavy (non-hydrogen) atoms. The second-order valence-electron chi connectivity index (χ2n) is 8.98. The van der Waals surface area contributed by atoms with Crippen molar-refractivity contribution >= 4 is 16.1 Å². The maximum atomic E-state index is 13.4. The molecular formula is C19H26F4O6S. The number of ether oxygens (including phenoxy) is 2. The quantitative estimate of drug-likeness (QED) is 0.186. The first-order valence-corrected chi connectivity index (χ1v) is 11.3. The predicted octanol–water partition coefficient (Wildman–Crippen LogP) is 3.82. The van der Waals surface area contributed by atoms with Gasteiger partial charge in [-0.2, -0.15) is 26.0 Å². The van der Waals surface area contributed by atoms with Crippen LogP contribution < -0.4 is 0 Å². The summed E-state index contributed by atoms with van der Waals surface area (Å²) in [6.07, 6.45) is 3.60. The Morgan fingerprint density at radius 1 is 1.10 bits per heavy atom. The average Bonchev–Trinajstić information content (AvgIpc) is 2.61. The molecule has 0 unspecified atom stereocenters. The summed E-state index contributed by atoms with van der Waals surface area (Å²) in [4.78, 5) is 12.4. The van der Waals surface area contributed by atoms with E-state index in [1.807, 2.05) is 6.92 Å². The molecule has 0 atom stereocenters. The lowest BCUT2D eigenvalue weighted by Gasteiger charge is -2.59. The van der Waals surface area contributed by atoms with Crippen molar-refractivity contribution in [1.29, 1.82) is 0 Å². The van der Waals surface area contributed by atoms with E-state index in [1.165, 1.54) is 6.42 Å². The summed E-state index contributed by atoms with van der Waals surface area (Å²) in [5, 5.41) is -5.65. The number of alkyl halides is 4. The summed E-state index contributed by atoms with van der Waals surface area (Å²) >= 11 is 0. The Labute approximate surface area is 172 Å². The van der Waals surface area contributed by atoms with Crippen LogP contribution in [-0.4, -0.2) is 48.9 Å². The molecule has 0 saturated heterocycles. The average molecular weight is 458 g/mol. The van der Waals surface area contributed by atoms with Crippen LogP contribution in [0.2, 0.25) is 0 Å². The van der Waals surface area contributed by atoms with Crippen LogP contribution in [0.1, 0.15) is 45.4 Å². The normalized spacial score (nSPS) is 33.5. The number of hydrogen-bond donors (Lipinski definition) is 1. The van der Waals surface area contributed by atoms with E-state index >= 15 is 0 Å². The molecule has 4 aliphatic carbocycles. The molecular weight excluding hydrogens is 432 g/mol. The largest absolute Gasteiger partial charge is 0.455 e. The fourth-order valence-electron chi connectivity index (χ4n) is 5.35. The van der Waals surface area contributed by atoms with E-state index in [4.69, 9.17) is 14.0 Å². The molecule has 4 fully saturated rings. The van der Waals surface area contributed by atoms with Crippen LogP contribution in [0, 0.1) is 23.7 Å². The van der Waals surface area contributed by atoms with Gasteiger partial charge in [0.2, 0.25) is 0 Å². The Bertz CT molecular complexity index is 782. The first kappa shape index (κ1) is 23.5. The van der Waals surface area contributed by atoms with E-state index in [9.17, 15) is 30.8 Å². The van der Waals surface area contributed by atoms with Crippen LogP contribution in [0.4, 0.5) is 17.6 Å². The van der Waals surface area contributed by atoms with Gasteiger partial charge in [0.25, 0.3) is 0 Å². The van der Waals surface area contributed by atoms with Gasteiger partial charge >= 0.3 is 27.3 Å². The van der Waals surface area contributed by atoms with Gasteiger partial charge in [-0.3, -0.25) is 4.55 Å². The predicted molar refractivity (Wildman–Crippen MR) is 97.6 cm³/mol. The fraction of sp³-hybridized carbons (Fsp3) is 0.842. The smallest absolute Gasteiger partial charge is 0.431 e. The Morgan fingerprint density at radius 2 is 1.60 bits per heavy atom. The van der Waals surface area contributed by atoms with E-state index in [-0.39, 0.29) is 17.4 Å². The van der Waals surface area contributed by atoms with Gasteiger partial charge < -0.3 is 9.47 Å². The van der Waals surface area contributed by atoms with Gasteiger partial charge in [0.1, 0.15) is 5.60 Å². The summed E-state index contributed by atoms with van der Waals surface area (Å²) in [5.41, 5.74) is -0.757. The standard InChI is InChI=1S/C19H26F4O6S/c1-11(10-28-4-3-18(20,21)19(22,23)30(25,26)27)16(24)29-17(2)14-6-12-5-13(8-14)9-15(17)7-12/h12-15H,1,3-10H2,2H3,(H,25,26,27). The van der Waals surface area contributed by atoms with E-state index < -0.39 is 52.5 Å². The monoisotopic (exact) mass is 458 g/mol. The molecule has 0 radical (unpaired) electrons. The van der Waals surface area contributed by atoms with E-state index in [1.54, 1.807) is 0 Å². The summed E-state index contributed by atoms with van der Waals surface area (Å²) in [5.74, 6) is -3.88. The van der Waals surface area contributed by atoms with E-state index in [2.05, 4.69) is 6.58 Å². The number of halogens is 4. The number of esters is 1. The minimum absolute atomic E-state index is 0.144. The Morgan fingerprint density at radius 3 is 2.07 bits per heavy atom. The van der Waals surface area contributed by atoms with Crippen molar-refractivity contribution in [2.24, 2.45) is 23.7 Å². The second-order valence-corrected chi connectivity index (χ2v) is 10.4. The van der Waals surface area contributed by atoms with Gasteiger partial charge in [0, 0.05) is 6.42 Å². The molecule has 0 aromatic heterocycles. The lowest BCUT2D eigenvalue weighted by atomic mass is 9.50. The van der Waals surface area contributed by atoms with Crippen LogP contribution in [0.15, 0.2) is 12.2 Å². The van der Waals surface area contributed by atoms with Crippen LogP contribution in [0.25, 0.3) is 0 Å². The van der Waals surface area contributed by atoms with Crippen molar-refractivity contribution < 1.29 is 44.8 Å².